The van der Waals surface area contributed by atoms with E-state index in [1.807, 2.05) is 4.90 Å². The zero-order valence-electron chi connectivity index (χ0n) is 11.2. The van der Waals surface area contributed by atoms with Crippen molar-refractivity contribution in [2.45, 2.75) is 39.7 Å². The van der Waals surface area contributed by atoms with Gasteiger partial charge in [0.2, 0.25) is 5.91 Å². The predicted molar refractivity (Wildman–Crippen MR) is 67.3 cm³/mol. The van der Waals surface area contributed by atoms with Gasteiger partial charge in [0.15, 0.2) is 0 Å². The Labute approximate surface area is 107 Å². The van der Waals surface area contributed by atoms with Crippen LogP contribution in [0.4, 0.5) is 0 Å². The van der Waals surface area contributed by atoms with E-state index >= 15 is 0 Å². The molecule has 2 N–H and O–H groups in total. The minimum Gasteiger partial charge on any atom is -0.481 e. The van der Waals surface area contributed by atoms with Gasteiger partial charge in [-0.15, -0.1) is 0 Å². The average molecular weight is 258 g/mol. The second kappa shape index (κ2) is 8.63. The molecule has 0 aliphatic carbocycles. The molecule has 0 saturated heterocycles. The monoisotopic (exact) mass is 258 g/mol. The molecule has 0 aliphatic rings. The Morgan fingerprint density at radius 1 is 1.22 bits per heavy atom. The van der Waals surface area contributed by atoms with Gasteiger partial charge < -0.3 is 10.4 Å². The summed E-state index contributed by atoms with van der Waals surface area (Å²) in [6.45, 7) is 6.17. The maximum Gasteiger partial charge on any atom is 0.304 e. The van der Waals surface area contributed by atoms with Crippen LogP contribution in [0.3, 0.4) is 0 Å². The molecule has 0 spiro atoms. The van der Waals surface area contributed by atoms with Gasteiger partial charge in [0, 0.05) is 26.6 Å². The highest BCUT2D eigenvalue weighted by molar-refractivity contribution is 5.81. The summed E-state index contributed by atoms with van der Waals surface area (Å²) < 4.78 is 0. The third-order valence-electron chi connectivity index (χ3n) is 2.74. The first-order valence-electron chi connectivity index (χ1n) is 6.05. The lowest BCUT2D eigenvalue weighted by atomic mass is 10.2. The van der Waals surface area contributed by atoms with E-state index in [0.717, 1.165) is 0 Å². The summed E-state index contributed by atoms with van der Waals surface area (Å²) in [7, 11) is 0. The van der Waals surface area contributed by atoms with E-state index in [0.29, 0.717) is 26.1 Å². The standard InChI is InChI=1S/C12H22N2O4/c1-9(10(2)15)14(8-5-12(17)18)7-4-6-13-11(3)16/h9H,4-8H2,1-3H3,(H,13,16)(H,17,18). The highest BCUT2D eigenvalue weighted by Crippen LogP contribution is 2.03. The van der Waals surface area contributed by atoms with Crippen LogP contribution in [0.5, 0.6) is 0 Å². The van der Waals surface area contributed by atoms with Crippen molar-refractivity contribution >= 4 is 17.7 Å². The number of hydrogen-bond donors (Lipinski definition) is 2. The Kier molecular flexibility index (Phi) is 7.94. The predicted octanol–water partition coefficient (Wildman–Crippen LogP) is 0.267. The number of nitrogens with zero attached hydrogens (tertiary/aromatic N) is 1. The molecule has 0 saturated carbocycles. The van der Waals surface area contributed by atoms with Crippen molar-refractivity contribution in [3.8, 4) is 0 Å². The van der Waals surface area contributed by atoms with Crippen LogP contribution in [0.1, 0.15) is 33.6 Å². The van der Waals surface area contributed by atoms with Crippen molar-refractivity contribution in [3.05, 3.63) is 0 Å². The van der Waals surface area contributed by atoms with E-state index in [4.69, 9.17) is 5.11 Å². The highest BCUT2D eigenvalue weighted by Gasteiger charge is 2.18. The highest BCUT2D eigenvalue weighted by atomic mass is 16.4. The van der Waals surface area contributed by atoms with E-state index < -0.39 is 5.97 Å². The van der Waals surface area contributed by atoms with Crippen molar-refractivity contribution in [3.63, 3.8) is 0 Å². The molecule has 0 bridgehead atoms. The molecule has 0 aromatic rings. The first kappa shape index (κ1) is 16.6. The molecule has 1 unspecified atom stereocenters. The molecule has 18 heavy (non-hydrogen) atoms. The summed E-state index contributed by atoms with van der Waals surface area (Å²) >= 11 is 0. The van der Waals surface area contributed by atoms with Gasteiger partial charge in [-0.25, -0.2) is 0 Å². The van der Waals surface area contributed by atoms with Gasteiger partial charge >= 0.3 is 5.97 Å². The zero-order chi connectivity index (χ0) is 14.1. The number of nitrogens with one attached hydrogen (secondary N) is 1. The third kappa shape index (κ3) is 7.78. The van der Waals surface area contributed by atoms with Crippen molar-refractivity contribution in [1.29, 1.82) is 0 Å². The lowest BCUT2D eigenvalue weighted by Gasteiger charge is -2.26. The molecular weight excluding hydrogens is 236 g/mol. The largest absolute Gasteiger partial charge is 0.481 e. The van der Waals surface area contributed by atoms with Gasteiger partial charge in [-0.1, -0.05) is 0 Å². The summed E-state index contributed by atoms with van der Waals surface area (Å²) in [6, 6.07) is -0.290. The molecule has 0 aliphatic heterocycles. The number of rotatable bonds is 9. The number of ketones is 1. The Morgan fingerprint density at radius 3 is 2.28 bits per heavy atom. The van der Waals surface area contributed by atoms with Crippen LogP contribution in [0.2, 0.25) is 0 Å². The zero-order valence-corrected chi connectivity index (χ0v) is 11.2. The van der Waals surface area contributed by atoms with Gasteiger partial charge in [-0.2, -0.15) is 0 Å². The van der Waals surface area contributed by atoms with Crippen LogP contribution in [0.25, 0.3) is 0 Å². The molecule has 0 radical (unpaired) electrons. The smallest absolute Gasteiger partial charge is 0.304 e. The van der Waals surface area contributed by atoms with Crippen molar-refractivity contribution < 1.29 is 19.5 Å². The van der Waals surface area contributed by atoms with Crippen LogP contribution < -0.4 is 5.32 Å². The summed E-state index contributed by atoms with van der Waals surface area (Å²) in [4.78, 5) is 34.4. The number of hydrogen-bond acceptors (Lipinski definition) is 4. The number of carboxylic acid groups (broad SMARTS) is 1. The first-order valence-corrected chi connectivity index (χ1v) is 6.05. The number of carbonyl (C=O) groups excluding carboxylic acids is 2. The molecule has 6 nitrogen and oxygen atoms in total. The molecule has 1 atom stereocenters. The molecule has 0 aromatic carbocycles. The fraction of sp³-hybridized carbons (Fsp3) is 0.750. The summed E-state index contributed by atoms with van der Waals surface area (Å²) in [6.07, 6.45) is 0.703. The average Bonchev–Trinajstić information content (AvgIpc) is 2.26. The molecular formula is C12H22N2O4. The number of carboxylic acids is 1. The minimum absolute atomic E-state index is 0.0117. The maximum atomic E-state index is 11.3. The van der Waals surface area contributed by atoms with Gasteiger partial charge in [-0.05, 0) is 20.3 Å². The SMILES string of the molecule is CC(=O)NCCCN(CCC(=O)O)C(C)C(C)=O. The molecule has 0 heterocycles. The fourth-order valence-electron chi connectivity index (χ4n) is 1.54. The molecule has 104 valence electrons. The van der Waals surface area contributed by atoms with E-state index in [9.17, 15) is 14.4 Å². The molecule has 6 heteroatoms. The first-order chi connectivity index (χ1) is 8.34. The Balaban J connectivity index is 4.16. The number of carbonyl (C=O) groups is 3. The molecule has 0 aromatic heterocycles. The van der Waals surface area contributed by atoms with Crippen molar-refractivity contribution in [1.82, 2.24) is 10.2 Å². The van der Waals surface area contributed by atoms with Gasteiger partial charge in [0.25, 0.3) is 0 Å². The summed E-state index contributed by atoms with van der Waals surface area (Å²) in [5, 5.41) is 11.3. The van der Waals surface area contributed by atoms with Crippen LogP contribution in [0, 0.1) is 0 Å². The Bertz CT molecular complexity index is 304. The van der Waals surface area contributed by atoms with E-state index in [1.165, 1.54) is 13.8 Å². The van der Waals surface area contributed by atoms with E-state index in [1.54, 1.807) is 6.92 Å². The topological polar surface area (TPSA) is 86.7 Å². The van der Waals surface area contributed by atoms with Gasteiger partial charge in [0.1, 0.15) is 5.78 Å². The Hall–Kier alpha value is -1.43. The van der Waals surface area contributed by atoms with Crippen LogP contribution >= 0.6 is 0 Å². The number of amides is 1. The normalized spacial score (nSPS) is 12.2. The maximum absolute atomic E-state index is 11.3. The van der Waals surface area contributed by atoms with E-state index in [-0.39, 0.29) is 24.2 Å². The van der Waals surface area contributed by atoms with Crippen LogP contribution in [-0.2, 0) is 14.4 Å². The van der Waals surface area contributed by atoms with E-state index in [2.05, 4.69) is 5.32 Å². The fourth-order valence-corrected chi connectivity index (χ4v) is 1.54. The quantitative estimate of drug-likeness (QED) is 0.580. The van der Waals surface area contributed by atoms with Crippen molar-refractivity contribution in [2.75, 3.05) is 19.6 Å². The van der Waals surface area contributed by atoms with Gasteiger partial charge in [0.05, 0.1) is 12.5 Å². The second-order valence-corrected chi connectivity index (χ2v) is 4.30. The third-order valence-corrected chi connectivity index (χ3v) is 2.74. The molecule has 0 rings (SSSR count). The van der Waals surface area contributed by atoms with Gasteiger partial charge in [-0.3, -0.25) is 19.3 Å². The molecule has 1 amide bonds. The molecule has 0 fully saturated rings. The summed E-state index contributed by atoms with van der Waals surface area (Å²) in [5.74, 6) is -0.954. The van der Waals surface area contributed by atoms with Crippen molar-refractivity contribution in [2.24, 2.45) is 0 Å². The minimum atomic E-state index is -0.877. The summed E-state index contributed by atoms with van der Waals surface area (Å²) in [5.41, 5.74) is 0. The lowest BCUT2D eigenvalue weighted by Crippen LogP contribution is -2.40. The Morgan fingerprint density at radius 2 is 1.83 bits per heavy atom. The van der Waals surface area contributed by atoms with Crippen LogP contribution in [-0.4, -0.2) is 53.3 Å². The van der Waals surface area contributed by atoms with Crippen LogP contribution in [0.15, 0.2) is 0 Å². The second-order valence-electron chi connectivity index (χ2n) is 4.30. The number of Topliss-reactive ketones (excluding diaryl/α,β-unsaturated/α-hetero) is 1. The number of aliphatic carboxylic acids is 1. The lowest BCUT2D eigenvalue weighted by molar-refractivity contribution is -0.138.